The van der Waals surface area contributed by atoms with Gasteiger partial charge in [0, 0.05) is 13.1 Å². The van der Waals surface area contributed by atoms with Gasteiger partial charge < -0.3 is 14.5 Å². The zero-order valence-corrected chi connectivity index (χ0v) is 12.2. The molecule has 0 radical (unpaired) electrons. The molecule has 1 aromatic rings. The highest BCUT2D eigenvalue weighted by Crippen LogP contribution is 2.31. The van der Waals surface area contributed by atoms with Crippen LogP contribution < -0.4 is 9.64 Å². The van der Waals surface area contributed by atoms with Gasteiger partial charge in [0.05, 0.1) is 12.2 Å². The minimum atomic E-state index is -0.311. The molecular formula is C16H20N2O3. The largest absolute Gasteiger partial charge is 0.423 e. The van der Waals surface area contributed by atoms with Crippen LogP contribution in [0.1, 0.15) is 19.8 Å². The molecule has 0 aliphatic carbocycles. The molecule has 2 aliphatic heterocycles. The summed E-state index contributed by atoms with van der Waals surface area (Å²) in [6.45, 7) is 4.23. The van der Waals surface area contributed by atoms with Crippen LogP contribution in [0.4, 0.5) is 5.69 Å². The van der Waals surface area contributed by atoms with Crippen molar-refractivity contribution in [1.29, 1.82) is 0 Å². The summed E-state index contributed by atoms with van der Waals surface area (Å²) in [4.78, 5) is 27.8. The molecule has 1 aromatic carbocycles. The summed E-state index contributed by atoms with van der Waals surface area (Å²) >= 11 is 0. The lowest BCUT2D eigenvalue weighted by Crippen LogP contribution is -2.47. The number of para-hydroxylation sites is 2. The van der Waals surface area contributed by atoms with E-state index >= 15 is 0 Å². The molecule has 21 heavy (non-hydrogen) atoms. The third-order valence-corrected chi connectivity index (χ3v) is 4.21. The Bertz CT molecular complexity index is 550. The number of piperidine rings is 1. The number of amides is 1. The van der Waals surface area contributed by atoms with E-state index in [1.165, 1.54) is 0 Å². The van der Waals surface area contributed by atoms with E-state index in [0.717, 1.165) is 31.6 Å². The number of rotatable bonds is 2. The molecule has 0 bridgehead atoms. The van der Waals surface area contributed by atoms with Crippen LogP contribution in [0.15, 0.2) is 24.3 Å². The van der Waals surface area contributed by atoms with E-state index in [1.807, 2.05) is 28.0 Å². The number of carbonyl (C=O) groups excluding carboxylic acids is 2. The molecule has 3 rings (SSSR count). The molecule has 1 amide bonds. The van der Waals surface area contributed by atoms with E-state index in [1.54, 1.807) is 6.07 Å². The van der Waals surface area contributed by atoms with Gasteiger partial charge in [-0.1, -0.05) is 19.1 Å². The number of nitrogens with zero attached hydrogens (tertiary/aromatic N) is 2. The van der Waals surface area contributed by atoms with Crippen molar-refractivity contribution in [3.63, 3.8) is 0 Å². The third kappa shape index (κ3) is 3.01. The molecule has 0 spiro atoms. The second kappa shape index (κ2) is 5.76. The quantitative estimate of drug-likeness (QED) is 0.613. The Labute approximate surface area is 124 Å². The average molecular weight is 288 g/mol. The summed E-state index contributed by atoms with van der Waals surface area (Å²) in [5.74, 6) is 1.01. The summed E-state index contributed by atoms with van der Waals surface area (Å²) in [7, 11) is 0. The average Bonchev–Trinajstić information content (AvgIpc) is 2.47. The fourth-order valence-corrected chi connectivity index (χ4v) is 2.86. The van der Waals surface area contributed by atoms with Gasteiger partial charge in [0.25, 0.3) is 0 Å². The SMILES string of the molecule is CC1CCN(C(=O)CN2CC(=O)Oc3ccccc32)CC1. The number of anilines is 1. The number of hydrogen-bond donors (Lipinski definition) is 0. The first kappa shape index (κ1) is 13.9. The van der Waals surface area contributed by atoms with Crippen LogP contribution >= 0.6 is 0 Å². The van der Waals surface area contributed by atoms with Crippen LogP contribution in [0, 0.1) is 5.92 Å². The first-order valence-electron chi connectivity index (χ1n) is 7.46. The molecular weight excluding hydrogens is 268 g/mol. The van der Waals surface area contributed by atoms with Crippen LogP contribution in [0.5, 0.6) is 5.75 Å². The fraction of sp³-hybridized carbons (Fsp3) is 0.500. The number of carbonyl (C=O) groups is 2. The minimum absolute atomic E-state index is 0.0893. The monoisotopic (exact) mass is 288 g/mol. The molecule has 0 saturated carbocycles. The predicted octanol–water partition coefficient (Wildman–Crippen LogP) is 1.67. The normalized spacial score (nSPS) is 19.2. The molecule has 2 heterocycles. The molecule has 1 fully saturated rings. The number of fused-ring (bicyclic) bond motifs is 1. The van der Waals surface area contributed by atoms with Gasteiger partial charge >= 0.3 is 5.97 Å². The first-order valence-corrected chi connectivity index (χ1v) is 7.46. The molecule has 0 aromatic heterocycles. The highest BCUT2D eigenvalue weighted by atomic mass is 16.5. The van der Waals surface area contributed by atoms with E-state index < -0.39 is 0 Å². The summed E-state index contributed by atoms with van der Waals surface area (Å²) in [6.07, 6.45) is 2.12. The second-order valence-corrected chi connectivity index (χ2v) is 5.86. The van der Waals surface area contributed by atoms with Gasteiger partial charge in [0.2, 0.25) is 5.91 Å². The summed E-state index contributed by atoms with van der Waals surface area (Å²) in [5.41, 5.74) is 0.816. The van der Waals surface area contributed by atoms with Gasteiger partial charge in [-0.2, -0.15) is 0 Å². The van der Waals surface area contributed by atoms with Gasteiger partial charge in [-0.25, -0.2) is 4.79 Å². The van der Waals surface area contributed by atoms with E-state index in [0.29, 0.717) is 11.7 Å². The van der Waals surface area contributed by atoms with E-state index in [4.69, 9.17) is 4.74 Å². The maximum absolute atomic E-state index is 12.4. The molecule has 0 atom stereocenters. The summed E-state index contributed by atoms with van der Waals surface area (Å²) in [6, 6.07) is 7.35. The van der Waals surface area contributed by atoms with Crippen molar-refractivity contribution in [3.8, 4) is 5.75 Å². The maximum Gasteiger partial charge on any atom is 0.331 e. The van der Waals surface area contributed by atoms with Crippen LogP contribution in [0.2, 0.25) is 0 Å². The van der Waals surface area contributed by atoms with Crippen molar-refractivity contribution in [1.82, 2.24) is 4.90 Å². The van der Waals surface area contributed by atoms with E-state index in [-0.39, 0.29) is 25.0 Å². The molecule has 5 nitrogen and oxygen atoms in total. The number of esters is 1. The highest BCUT2D eigenvalue weighted by molar-refractivity contribution is 5.89. The van der Waals surface area contributed by atoms with Crippen LogP contribution in [0.3, 0.4) is 0 Å². The fourth-order valence-electron chi connectivity index (χ4n) is 2.86. The number of likely N-dealkylation sites (tertiary alicyclic amines) is 1. The van der Waals surface area contributed by atoms with Crippen LogP contribution in [0.25, 0.3) is 0 Å². The Balaban J connectivity index is 1.70. The molecule has 112 valence electrons. The zero-order chi connectivity index (χ0) is 14.8. The Morgan fingerprint density at radius 1 is 1.29 bits per heavy atom. The van der Waals surface area contributed by atoms with Crippen molar-refractivity contribution in [2.24, 2.45) is 5.92 Å². The van der Waals surface area contributed by atoms with Crippen molar-refractivity contribution in [3.05, 3.63) is 24.3 Å². The smallest absolute Gasteiger partial charge is 0.331 e. The van der Waals surface area contributed by atoms with Gasteiger partial charge in [-0.05, 0) is 30.9 Å². The minimum Gasteiger partial charge on any atom is -0.423 e. The lowest BCUT2D eigenvalue weighted by atomic mass is 9.99. The number of hydrogen-bond acceptors (Lipinski definition) is 4. The van der Waals surface area contributed by atoms with Gasteiger partial charge in [-0.3, -0.25) is 4.79 Å². The van der Waals surface area contributed by atoms with Gasteiger partial charge in [-0.15, -0.1) is 0 Å². The van der Waals surface area contributed by atoms with E-state index in [9.17, 15) is 9.59 Å². The highest BCUT2D eigenvalue weighted by Gasteiger charge is 2.28. The predicted molar refractivity (Wildman–Crippen MR) is 79.3 cm³/mol. The molecule has 0 unspecified atom stereocenters. The molecule has 2 aliphatic rings. The van der Waals surface area contributed by atoms with E-state index in [2.05, 4.69) is 6.92 Å². The number of benzene rings is 1. The Morgan fingerprint density at radius 3 is 2.76 bits per heavy atom. The Morgan fingerprint density at radius 2 is 2.00 bits per heavy atom. The van der Waals surface area contributed by atoms with Crippen LogP contribution in [-0.4, -0.2) is 43.0 Å². The topological polar surface area (TPSA) is 49.9 Å². The molecule has 0 N–H and O–H groups in total. The van der Waals surface area contributed by atoms with Gasteiger partial charge in [0.1, 0.15) is 6.54 Å². The van der Waals surface area contributed by atoms with Crippen LogP contribution in [-0.2, 0) is 9.59 Å². The molecule has 5 heteroatoms. The van der Waals surface area contributed by atoms with Crippen molar-refractivity contribution >= 4 is 17.6 Å². The maximum atomic E-state index is 12.4. The Hall–Kier alpha value is -2.04. The molecule has 1 saturated heterocycles. The lowest BCUT2D eigenvalue weighted by molar-refractivity contribution is -0.134. The Kier molecular flexibility index (Phi) is 3.82. The second-order valence-electron chi connectivity index (χ2n) is 5.86. The van der Waals surface area contributed by atoms with Crippen molar-refractivity contribution in [2.75, 3.05) is 31.1 Å². The first-order chi connectivity index (χ1) is 10.1. The zero-order valence-electron chi connectivity index (χ0n) is 12.2. The summed E-state index contributed by atoms with van der Waals surface area (Å²) < 4.78 is 5.20. The number of ether oxygens (including phenoxy) is 1. The standard InChI is InChI=1S/C16H20N2O3/c1-12-6-8-17(9-7-12)15(19)10-18-11-16(20)21-14-5-3-2-4-13(14)18/h2-5,12H,6-11H2,1H3. The van der Waals surface area contributed by atoms with Gasteiger partial charge in [0.15, 0.2) is 5.75 Å². The lowest BCUT2D eigenvalue weighted by Gasteiger charge is -2.34. The van der Waals surface area contributed by atoms with Crippen molar-refractivity contribution in [2.45, 2.75) is 19.8 Å². The summed E-state index contributed by atoms with van der Waals surface area (Å²) in [5, 5.41) is 0. The third-order valence-electron chi connectivity index (χ3n) is 4.21. The van der Waals surface area contributed by atoms with Crippen molar-refractivity contribution < 1.29 is 14.3 Å².